The smallest absolute Gasteiger partial charge is 0.225 e. The Kier molecular flexibility index (Phi) is 3.31. The summed E-state index contributed by atoms with van der Waals surface area (Å²) in [5.41, 5.74) is 3.83. The van der Waals surface area contributed by atoms with Crippen LogP contribution in [0.2, 0.25) is 0 Å². The van der Waals surface area contributed by atoms with Crippen molar-refractivity contribution in [2.75, 3.05) is 18.0 Å². The van der Waals surface area contributed by atoms with Crippen LogP contribution in [-0.4, -0.2) is 24.0 Å². The molecule has 2 N–H and O–H groups in total. The van der Waals surface area contributed by atoms with Crippen molar-refractivity contribution in [3.63, 3.8) is 0 Å². The maximum absolute atomic E-state index is 14.2. The maximum Gasteiger partial charge on any atom is 0.225 e. The lowest BCUT2D eigenvalue weighted by atomic mass is 9.93. The molecule has 0 saturated carbocycles. The zero-order chi connectivity index (χ0) is 16.0. The van der Waals surface area contributed by atoms with Gasteiger partial charge in [-0.25, -0.2) is 4.39 Å². The predicted molar refractivity (Wildman–Crippen MR) is 87.8 cm³/mol. The number of halogens is 1. The van der Waals surface area contributed by atoms with Crippen molar-refractivity contribution in [1.82, 2.24) is 10.3 Å². The number of hydrogen-bond acceptors (Lipinski definition) is 2. The number of fused-ring (bicyclic) bond motifs is 3. The van der Waals surface area contributed by atoms with Gasteiger partial charge in [0.15, 0.2) is 0 Å². The van der Waals surface area contributed by atoms with Crippen molar-refractivity contribution in [2.45, 2.75) is 19.4 Å². The molecule has 118 valence electrons. The number of rotatable bonds is 1. The van der Waals surface area contributed by atoms with E-state index >= 15 is 0 Å². The average molecular weight is 311 g/mol. The van der Waals surface area contributed by atoms with Crippen LogP contribution in [0.5, 0.6) is 0 Å². The first kappa shape index (κ1) is 14.2. The van der Waals surface area contributed by atoms with Gasteiger partial charge in [0.05, 0.1) is 6.04 Å². The van der Waals surface area contributed by atoms with Crippen molar-refractivity contribution in [3.8, 4) is 0 Å². The van der Waals surface area contributed by atoms with Gasteiger partial charge in [-0.05, 0) is 18.1 Å². The largest absolute Gasteiger partial charge is 0.343 e. The highest BCUT2D eigenvalue weighted by atomic mass is 19.1. The topological polar surface area (TPSA) is 48.1 Å². The van der Waals surface area contributed by atoms with Crippen LogP contribution in [0.1, 0.15) is 35.3 Å². The monoisotopic (exact) mass is 311 g/mol. The molecule has 3 heterocycles. The standard InChI is InChI=1S/C18H18FN3O/c1-11(23)22-10-4-6-13-12-8-9-20-16(17(12)21-18(13)22)14-5-2-3-7-15(14)19/h2-7,16,20-21H,8-10H2,1H3. The molecule has 4 rings (SSSR count). The molecule has 0 fully saturated rings. The van der Waals surface area contributed by atoms with Crippen molar-refractivity contribution in [2.24, 2.45) is 0 Å². The highest BCUT2D eigenvalue weighted by Gasteiger charge is 2.31. The molecule has 0 saturated heterocycles. The third kappa shape index (κ3) is 2.19. The van der Waals surface area contributed by atoms with Gasteiger partial charge >= 0.3 is 0 Å². The average Bonchev–Trinajstić information content (AvgIpc) is 2.94. The van der Waals surface area contributed by atoms with Crippen molar-refractivity contribution in [3.05, 3.63) is 58.5 Å². The van der Waals surface area contributed by atoms with E-state index < -0.39 is 0 Å². The van der Waals surface area contributed by atoms with Gasteiger partial charge in [0, 0.05) is 36.8 Å². The van der Waals surface area contributed by atoms with Crippen LogP contribution in [-0.2, 0) is 11.2 Å². The summed E-state index contributed by atoms with van der Waals surface area (Å²) >= 11 is 0. The van der Waals surface area contributed by atoms with Gasteiger partial charge in [-0.3, -0.25) is 9.69 Å². The highest BCUT2D eigenvalue weighted by molar-refractivity contribution is 5.95. The second-order valence-corrected chi connectivity index (χ2v) is 5.97. The summed E-state index contributed by atoms with van der Waals surface area (Å²) in [6.07, 6.45) is 4.92. The minimum atomic E-state index is -0.218. The number of aromatic amines is 1. The summed E-state index contributed by atoms with van der Waals surface area (Å²) in [5.74, 6) is 0.615. The Morgan fingerprint density at radius 2 is 2.17 bits per heavy atom. The number of carbonyl (C=O) groups excluding carboxylic acids is 1. The first-order chi connectivity index (χ1) is 11.2. The number of aromatic nitrogens is 1. The number of carbonyl (C=O) groups is 1. The molecule has 2 aliphatic rings. The van der Waals surface area contributed by atoms with E-state index in [1.807, 2.05) is 12.1 Å². The fraction of sp³-hybridized carbons (Fsp3) is 0.278. The molecule has 0 bridgehead atoms. The predicted octanol–water partition coefficient (Wildman–Crippen LogP) is 2.77. The molecule has 23 heavy (non-hydrogen) atoms. The first-order valence-corrected chi connectivity index (χ1v) is 7.84. The van der Waals surface area contributed by atoms with E-state index in [1.54, 1.807) is 24.0 Å². The Labute approximate surface area is 134 Å². The Morgan fingerprint density at radius 3 is 2.96 bits per heavy atom. The van der Waals surface area contributed by atoms with Crippen LogP contribution in [0.4, 0.5) is 10.2 Å². The normalized spacial score (nSPS) is 19.4. The fourth-order valence-electron chi connectivity index (χ4n) is 3.54. The second kappa shape index (κ2) is 5.35. The van der Waals surface area contributed by atoms with Crippen LogP contribution in [0.15, 0.2) is 30.3 Å². The Balaban J connectivity index is 1.86. The summed E-state index contributed by atoms with van der Waals surface area (Å²) in [6, 6.07) is 6.62. The maximum atomic E-state index is 14.2. The number of anilines is 1. The van der Waals surface area contributed by atoms with Gasteiger partial charge in [-0.1, -0.05) is 30.4 Å². The van der Waals surface area contributed by atoms with E-state index in [-0.39, 0.29) is 17.8 Å². The van der Waals surface area contributed by atoms with E-state index in [1.165, 1.54) is 11.6 Å². The lowest BCUT2D eigenvalue weighted by molar-refractivity contribution is -0.116. The van der Waals surface area contributed by atoms with E-state index in [9.17, 15) is 9.18 Å². The van der Waals surface area contributed by atoms with Crippen LogP contribution in [0, 0.1) is 5.82 Å². The van der Waals surface area contributed by atoms with E-state index in [0.29, 0.717) is 12.1 Å². The number of benzene rings is 1. The molecule has 0 aliphatic carbocycles. The minimum absolute atomic E-state index is 0.00426. The third-order valence-electron chi connectivity index (χ3n) is 4.61. The number of nitrogens with one attached hydrogen (secondary N) is 2. The molecule has 0 radical (unpaired) electrons. The van der Waals surface area contributed by atoms with E-state index in [4.69, 9.17) is 0 Å². The summed E-state index contributed by atoms with van der Waals surface area (Å²) < 4.78 is 14.2. The van der Waals surface area contributed by atoms with Gasteiger partial charge in [-0.15, -0.1) is 0 Å². The first-order valence-electron chi connectivity index (χ1n) is 7.84. The van der Waals surface area contributed by atoms with Crippen LogP contribution >= 0.6 is 0 Å². The molecular formula is C18H18FN3O. The quantitative estimate of drug-likeness (QED) is 0.851. The van der Waals surface area contributed by atoms with Gasteiger partial charge in [0.25, 0.3) is 0 Å². The van der Waals surface area contributed by atoms with Crippen LogP contribution in [0.25, 0.3) is 6.08 Å². The lowest BCUT2D eigenvalue weighted by Crippen LogP contribution is -2.31. The van der Waals surface area contributed by atoms with E-state index in [0.717, 1.165) is 30.0 Å². The fourth-order valence-corrected chi connectivity index (χ4v) is 3.54. The van der Waals surface area contributed by atoms with E-state index in [2.05, 4.69) is 16.4 Å². The number of H-pyrrole nitrogens is 1. The van der Waals surface area contributed by atoms with Gasteiger partial charge in [0.2, 0.25) is 5.91 Å². The van der Waals surface area contributed by atoms with Crippen LogP contribution < -0.4 is 10.2 Å². The molecular weight excluding hydrogens is 293 g/mol. The molecule has 2 aliphatic heterocycles. The SMILES string of the molecule is CC(=O)N1CC=Cc2c1[nH]c1c2CCNC1c1ccccc1F. The van der Waals surface area contributed by atoms with Gasteiger partial charge < -0.3 is 10.3 Å². The molecule has 5 heteroatoms. The molecule has 4 nitrogen and oxygen atoms in total. The Hall–Kier alpha value is -2.40. The van der Waals surface area contributed by atoms with Gasteiger partial charge in [0.1, 0.15) is 11.6 Å². The van der Waals surface area contributed by atoms with Crippen LogP contribution in [0.3, 0.4) is 0 Å². The molecule has 2 aromatic rings. The summed E-state index contributed by atoms with van der Waals surface area (Å²) in [7, 11) is 0. The second-order valence-electron chi connectivity index (χ2n) is 5.97. The van der Waals surface area contributed by atoms with Crippen molar-refractivity contribution >= 4 is 17.8 Å². The summed E-state index contributed by atoms with van der Waals surface area (Å²) in [6.45, 7) is 2.92. The molecule has 1 atom stereocenters. The third-order valence-corrected chi connectivity index (χ3v) is 4.61. The Morgan fingerprint density at radius 1 is 1.35 bits per heavy atom. The zero-order valence-corrected chi connectivity index (χ0v) is 12.9. The summed E-state index contributed by atoms with van der Waals surface area (Å²) in [5, 5.41) is 3.39. The highest BCUT2D eigenvalue weighted by Crippen LogP contribution is 2.38. The van der Waals surface area contributed by atoms with Crippen molar-refractivity contribution < 1.29 is 9.18 Å². The summed E-state index contributed by atoms with van der Waals surface area (Å²) in [4.78, 5) is 17.0. The Bertz CT molecular complexity index is 809. The van der Waals surface area contributed by atoms with Crippen molar-refractivity contribution in [1.29, 1.82) is 0 Å². The molecule has 1 amide bonds. The molecule has 1 aromatic carbocycles. The molecule has 1 aromatic heterocycles. The number of nitrogens with zero attached hydrogens (tertiary/aromatic N) is 1. The lowest BCUT2D eigenvalue weighted by Gasteiger charge is -2.25. The zero-order valence-electron chi connectivity index (χ0n) is 12.9. The van der Waals surface area contributed by atoms with Gasteiger partial charge in [-0.2, -0.15) is 0 Å². The minimum Gasteiger partial charge on any atom is -0.343 e. The molecule has 0 spiro atoms. The number of amides is 1. The number of hydrogen-bond donors (Lipinski definition) is 2. The molecule has 1 unspecified atom stereocenters.